The molecule has 0 aromatic rings. The van der Waals surface area contributed by atoms with Crippen molar-refractivity contribution in [1.29, 1.82) is 0 Å². The van der Waals surface area contributed by atoms with Gasteiger partial charge in [0, 0.05) is 18.6 Å². The molecule has 1 saturated carbocycles. The van der Waals surface area contributed by atoms with Crippen LogP contribution >= 0.6 is 0 Å². The molecule has 0 saturated heterocycles. The molecule has 18 heavy (non-hydrogen) atoms. The zero-order valence-electron chi connectivity index (χ0n) is 11.6. The van der Waals surface area contributed by atoms with E-state index in [4.69, 9.17) is 0 Å². The van der Waals surface area contributed by atoms with Crippen molar-refractivity contribution in [3.05, 3.63) is 0 Å². The number of halogens is 3. The summed E-state index contributed by atoms with van der Waals surface area (Å²) in [6.45, 7) is 2.26. The topological polar surface area (TPSA) is 15.3 Å². The highest BCUT2D eigenvalue weighted by Crippen LogP contribution is 2.30. The molecule has 0 amide bonds. The largest absolute Gasteiger partial charge is 0.390 e. The number of hydrogen-bond donors (Lipinski definition) is 1. The van der Waals surface area contributed by atoms with E-state index in [1.54, 1.807) is 0 Å². The number of nitrogens with one attached hydrogen (secondary N) is 1. The summed E-state index contributed by atoms with van der Waals surface area (Å²) in [4.78, 5) is 1.89. The molecule has 0 aromatic carbocycles. The zero-order valence-corrected chi connectivity index (χ0v) is 11.6. The van der Waals surface area contributed by atoms with Crippen molar-refractivity contribution in [3.63, 3.8) is 0 Å². The first-order valence-corrected chi connectivity index (χ1v) is 6.81. The van der Waals surface area contributed by atoms with Gasteiger partial charge in [-0.05, 0) is 39.3 Å². The van der Waals surface area contributed by atoms with Gasteiger partial charge in [-0.2, -0.15) is 13.2 Å². The number of hydrogen-bond acceptors (Lipinski definition) is 2. The van der Waals surface area contributed by atoms with E-state index in [1.165, 1.54) is 6.42 Å². The van der Waals surface area contributed by atoms with E-state index in [9.17, 15) is 13.2 Å². The smallest absolute Gasteiger partial charge is 0.315 e. The lowest BCUT2D eigenvalue weighted by atomic mass is 9.80. The van der Waals surface area contributed by atoms with Gasteiger partial charge in [0.05, 0.1) is 6.42 Å². The Balaban J connectivity index is 2.53. The van der Waals surface area contributed by atoms with Crippen LogP contribution in [0.25, 0.3) is 0 Å². The predicted molar refractivity (Wildman–Crippen MR) is 67.6 cm³/mol. The second-order valence-corrected chi connectivity index (χ2v) is 5.40. The van der Waals surface area contributed by atoms with E-state index < -0.39 is 12.6 Å². The fraction of sp³-hybridized carbons (Fsp3) is 1.00. The van der Waals surface area contributed by atoms with Gasteiger partial charge < -0.3 is 10.2 Å². The van der Waals surface area contributed by atoms with Gasteiger partial charge in [-0.1, -0.05) is 13.3 Å². The minimum absolute atomic E-state index is 0.1000. The maximum absolute atomic E-state index is 12.3. The summed E-state index contributed by atoms with van der Waals surface area (Å²) in [5.41, 5.74) is 0. The summed E-state index contributed by atoms with van der Waals surface area (Å²) in [5.74, 6) is 0.660. The molecule has 108 valence electrons. The molecule has 3 unspecified atom stereocenters. The van der Waals surface area contributed by atoms with Gasteiger partial charge in [0.1, 0.15) is 0 Å². The molecule has 1 rings (SSSR count). The predicted octanol–water partition coefficient (Wildman–Crippen LogP) is 3.04. The molecule has 0 aromatic heterocycles. The number of likely N-dealkylation sites (N-methyl/N-ethyl adjacent to an activating group) is 2. The lowest BCUT2D eigenvalue weighted by Crippen LogP contribution is -2.51. The van der Waals surface area contributed by atoms with E-state index in [2.05, 4.69) is 12.2 Å². The van der Waals surface area contributed by atoms with E-state index in [0.29, 0.717) is 12.0 Å². The van der Waals surface area contributed by atoms with Crippen LogP contribution in [0.15, 0.2) is 0 Å². The fourth-order valence-corrected chi connectivity index (χ4v) is 2.89. The maximum Gasteiger partial charge on any atom is 0.390 e. The Morgan fingerprint density at radius 2 is 1.94 bits per heavy atom. The average Bonchev–Trinajstić information content (AvgIpc) is 2.34. The second kappa shape index (κ2) is 6.75. The van der Waals surface area contributed by atoms with Gasteiger partial charge >= 0.3 is 6.18 Å². The normalized spacial score (nSPS) is 29.8. The molecule has 1 aliphatic rings. The van der Waals surface area contributed by atoms with Crippen molar-refractivity contribution in [3.8, 4) is 0 Å². The van der Waals surface area contributed by atoms with Crippen LogP contribution in [0.5, 0.6) is 0 Å². The lowest BCUT2D eigenvalue weighted by molar-refractivity contribution is -0.139. The van der Waals surface area contributed by atoms with Gasteiger partial charge in [-0.3, -0.25) is 0 Å². The van der Waals surface area contributed by atoms with Gasteiger partial charge in [-0.25, -0.2) is 0 Å². The van der Waals surface area contributed by atoms with Crippen LogP contribution in [0.2, 0.25) is 0 Å². The lowest BCUT2D eigenvalue weighted by Gasteiger charge is -2.41. The fourth-order valence-electron chi connectivity index (χ4n) is 2.89. The number of alkyl halides is 3. The molecule has 0 radical (unpaired) electrons. The Kier molecular flexibility index (Phi) is 5.92. The van der Waals surface area contributed by atoms with Crippen molar-refractivity contribution in [2.75, 3.05) is 20.6 Å². The Bertz CT molecular complexity index is 243. The minimum Gasteiger partial charge on any atom is -0.315 e. The van der Waals surface area contributed by atoms with Crippen molar-refractivity contribution in [1.82, 2.24) is 10.2 Å². The molecule has 2 nitrogen and oxygen atoms in total. The van der Waals surface area contributed by atoms with Gasteiger partial charge in [0.15, 0.2) is 0 Å². The molecular weight excluding hydrogens is 241 g/mol. The van der Waals surface area contributed by atoms with E-state index in [-0.39, 0.29) is 12.6 Å². The van der Waals surface area contributed by atoms with Crippen LogP contribution in [0.1, 0.15) is 39.0 Å². The van der Waals surface area contributed by atoms with E-state index in [1.807, 2.05) is 19.0 Å². The third-order valence-electron chi connectivity index (χ3n) is 4.19. The van der Waals surface area contributed by atoms with Crippen molar-refractivity contribution >= 4 is 0 Å². The molecule has 0 bridgehead atoms. The standard InChI is InChI=1S/C13H25F3N2/c1-4-10-5-6-11(17-2)12(9-10)18(3)8-7-13(14,15)16/h10-12,17H,4-9H2,1-3H3. The van der Waals surface area contributed by atoms with Crippen molar-refractivity contribution in [2.24, 2.45) is 5.92 Å². The van der Waals surface area contributed by atoms with Crippen molar-refractivity contribution in [2.45, 2.75) is 57.3 Å². The van der Waals surface area contributed by atoms with Gasteiger partial charge in [0.2, 0.25) is 0 Å². The van der Waals surface area contributed by atoms with E-state index in [0.717, 1.165) is 19.3 Å². The number of nitrogens with zero attached hydrogens (tertiary/aromatic N) is 1. The van der Waals surface area contributed by atoms with Crippen LogP contribution in [-0.2, 0) is 0 Å². The first kappa shape index (κ1) is 15.8. The highest BCUT2D eigenvalue weighted by Gasteiger charge is 2.34. The zero-order chi connectivity index (χ0) is 13.8. The van der Waals surface area contributed by atoms with Crippen LogP contribution in [-0.4, -0.2) is 43.8 Å². The van der Waals surface area contributed by atoms with Crippen LogP contribution < -0.4 is 5.32 Å². The molecule has 0 spiro atoms. The summed E-state index contributed by atoms with van der Waals surface area (Å²) in [7, 11) is 3.72. The van der Waals surface area contributed by atoms with Crippen molar-refractivity contribution < 1.29 is 13.2 Å². The number of rotatable bonds is 5. The van der Waals surface area contributed by atoms with E-state index >= 15 is 0 Å². The highest BCUT2D eigenvalue weighted by molar-refractivity contribution is 4.89. The molecule has 1 fully saturated rings. The maximum atomic E-state index is 12.3. The average molecular weight is 266 g/mol. The first-order valence-electron chi connectivity index (χ1n) is 6.81. The quantitative estimate of drug-likeness (QED) is 0.823. The molecular formula is C13H25F3N2. The highest BCUT2D eigenvalue weighted by atomic mass is 19.4. The Morgan fingerprint density at radius 1 is 1.28 bits per heavy atom. The summed E-state index contributed by atoms with van der Waals surface area (Å²) >= 11 is 0. The van der Waals surface area contributed by atoms with Crippen LogP contribution in [0.4, 0.5) is 13.2 Å². The summed E-state index contributed by atoms with van der Waals surface area (Å²) < 4.78 is 36.8. The molecule has 1 N–H and O–H groups in total. The SMILES string of the molecule is CCC1CCC(NC)C(N(C)CCC(F)(F)F)C1. The third-order valence-corrected chi connectivity index (χ3v) is 4.19. The minimum atomic E-state index is -4.05. The molecule has 0 aliphatic heterocycles. The first-order chi connectivity index (χ1) is 8.37. The Hall–Kier alpha value is -0.290. The third kappa shape index (κ3) is 4.76. The summed E-state index contributed by atoms with van der Waals surface area (Å²) in [6.07, 6.45) is -0.381. The second-order valence-electron chi connectivity index (χ2n) is 5.40. The van der Waals surface area contributed by atoms with Gasteiger partial charge in [0.25, 0.3) is 0 Å². The summed E-state index contributed by atoms with van der Waals surface area (Å²) in [6, 6.07) is 0.557. The molecule has 5 heteroatoms. The Morgan fingerprint density at radius 3 is 2.44 bits per heavy atom. The van der Waals surface area contributed by atoms with Gasteiger partial charge in [-0.15, -0.1) is 0 Å². The van der Waals surface area contributed by atoms with Crippen LogP contribution in [0, 0.1) is 5.92 Å². The molecule has 0 heterocycles. The Labute approximate surface area is 108 Å². The molecule has 3 atom stereocenters. The summed E-state index contributed by atoms with van der Waals surface area (Å²) in [5, 5.41) is 3.25. The van der Waals surface area contributed by atoms with Crippen LogP contribution in [0.3, 0.4) is 0 Å². The molecule has 1 aliphatic carbocycles. The monoisotopic (exact) mass is 266 g/mol.